The maximum atomic E-state index is 13.5. The second-order valence-corrected chi connectivity index (χ2v) is 4.04. The first-order valence-electron chi connectivity index (χ1n) is 5.52. The molecule has 7 heteroatoms. The first-order chi connectivity index (χ1) is 9.13. The van der Waals surface area contributed by atoms with E-state index in [0.717, 1.165) is 6.07 Å². The Kier molecular flexibility index (Phi) is 2.52. The molecule has 0 atom stereocenters. The lowest BCUT2D eigenvalue weighted by molar-refractivity contribution is 0.0692. The average Bonchev–Trinajstić information content (AvgIpc) is 2.96. The van der Waals surface area contributed by atoms with Crippen molar-refractivity contribution in [3.8, 4) is 0 Å². The summed E-state index contributed by atoms with van der Waals surface area (Å²) in [5.74, 6) is -1.51. The third kappa shape index (κ3) is 2.05. The highest BCUT2D eigenvalue weighted by Crippen LogP contribution is 2.18. The summed E-state index contributed by atoms with van der Waals surface area (Å²) in [6.07, 6.45) is 3.42. The zero-order valence-electron chi connectivity index (χ0n) is 9.67. The summed E-state index contributed by atoms with van der Waals surface area (Å²) in [5.41, 5.74) is 0.496. The lowest BCUT2D eigenvalue weighted by Crippen LogP contribution is -2.01. The monoisotopic (exact) mass is 260 g/mol. The van der Waals surface area contributed by atoms with Gasteiger partial charge in [-0.2, -0.15) is 5.10 Å². The number of nitrogens with zero attached hydrogens (tertiary/aromatic N) is 3. The average molecular weight is 260 g/mol. The second kappa shape index (κ2) is 4.20. The van der Waals surface area contributed by atoms with Crippen LogP contribution in [0, 0.1) is 5.82 Å². The minimum absolute atomic E-state index is 0.385. The molecule has 96 valence electrons. The zero-order chi connectivity index (χ0) is 13.4. The third-order valence-corrected chi connectivity index (χ3v) is 2.72. The Morgan fingerprint density at radius 3 is 3.00 bits per heavy atom. The maximum absolute atomic E-state index is 13.5. The van der Waals surface area contributed by atoms with Gasteiger partial charge < -0.3 is 10.1 Å². The van der Waals surface area contributed by atoms with E-state index in [9.17, 15) is 9.18 Å². The predicted molar refractivity (Wildman–Crippen MR) is 64.3 cm³/mol. The largest absolute Gasteiger partial charge is 0.478 e. The summed E-state index contributed by atoms with van der Waals surface area (Å²) >= 11 is 0. The molecule has 6 nitrogen and oxygen atoms in total. The lowest BCUT2D eigenvalue weighted by Gasteiger charge is -1.96. The van der Waals surface area contributed by atoms with Crippen LogP contribution in [0.2, 0.25) is 0 Å². The number of halogens is 1. The molecule has 0 fully saturated rings. The van der Waals surface area contributed by atoms with Gasteiger partial charge in [0.15, 0.2) is 0 Å². The molecule has 0 spiro atoms. The molecule has 2 aromatic heterocycles. The van der Waals surface area contributed by atoms with E-state index in [1.807, 2.05) is 0 Å². The van der Waals surface area contributed by atoms with E-state index in [-0.39, 0.29) is 5.56 Å². The van der Waals surface area contributed by atoms with Crippen LogP contribution in [0.1, 0.15) is 16.2 Å². The van der Waals surface area contributed by atoms with Crippen molar-refractivity contribution in [3.05, 3.63) is 47.8 Å². The summed E-state index contributed by atoms with van der Waals surface area (Å²) in [6, 6.07) is 4.14. The van der Waals surface area contributed by atoms with Crippen LogP contribution in [0.5, 0.6) is 0 Å². The van der Waals surface area contributed by atoms with Gasteiger partial charge in [0.1, 0.15) is 11.6 Å². The first kappa shape index (κ1) is 11.4. The fourth-order valence-electron chi connectivity index (χ4n) is 1.87. The minimum Gasteiger partial charge on any atom is -0.478 e. The molecule has 1 aromatic carbocycles. The fraction of sp³-hybridized carbons (Fsp3) is 0.0833. The highest BCUT2D eigenvalue weighted by molar-refractivity contribution is 5.92. The minimum atomic E-state index is -1.31. The molecule has 0 saturated carbocycles. The van der Waals surface area contributed by atoms with E-state index in [1.54, 1.807) is 23.1 Å². The number of aromatic nitrogens is 4. The van der Waals surface area contributed by atoms with Gasteiger partial charge in [0.25, 0.3) is 0 Å². The number of benzene rings is 1. The van der Waals surface area contributed by atoms with Crippen molar-refractivity contribution in [2.45, 2.75) is 6.54 Å². The Morgan fingerprint density at radius 1 is 1.47 bits per heavy atom. The van der Waals surface area contributed by atoms with Crippen molar-refractivity contribution in [3.63, 3.8) is 0 Å². The van der Waals surface area contributed by atoms with E-state index >= 15 is 0 Å². The van der Waals surface area contributed by atoms with Crippen LogP contribution in [0.3, 0.4) is 0 Å². The van der Waals surface area contributed by atoms with Gasteiger partial charge in [-0.15, -0.1) is 0 Å². The summed E-state index contributed by atoms with van der Waals surface area (Å²) < 4.78 is 15.2. The van der Waals surface area contributed by atoms with Crippen molar-refractivity contribution in [1.29, 1.82) is 0 Å². The maximum Gasteiger partial charge on any atom is 0.338 e. The molecule has 2 heterocycles. The molecular formula is C12H9FN4O2. The Labute approximate surface area is 106 Å². The standard InChI is InChI=1S/C12H9FN4O2/c13-8-5-10-9(4-7(8)12(18)19)15-11(16-10)6-17-3-1-2-14-17/h1-5H,6H2,(H,15,16)(H,18,19). The molecule has 0 amide bonds. The van der Waals surface area contributed by atoms with Crippen molar-refractivity contribution in [2.75, 3.05) is 0 Å². The summed E-state index contributed by atoms with van der Waals surface area (Å²) in [4.78, 5) is 18.0. The summed E-state index contributed by atoms with van der Waals surface area (Å²) in [7, 11) is 0. The molecule has 19 heavy (non-hydrogen) atoms. The molecule has 0 aliphatic rings. The number of imidazole rings is 1. The predicted octanol–water partition coefficient (Wildman–Crippen LogP) is 1.64. The van der Waals surface area contributed by atoms with Crippen LogP contribution in [-0.4, -0.2) is 30.8 Å². The number of aromatic amines is 1. The number of carboxylic acids is 1. The van der Waals surface area contributed by atoms with Gasteiger partial charge in [-0.05, 0) is 12.1 Å². The van der Waals surface area contributed by atoms with Crippen LogP contribution in [0.15, 0.2) is 30.6 Å². The third-order valence-electron chi connectivity index (χ3n) is 2.72. The smallest absolute Gasteiger partial charge is 0.338 e. The SMILES string of the molecule is O=C(O)c1cc2nc(Cn3cccn3)[nH]c2cc1F. The molecule has 0 unspecified atom stereocenters. The number of rotatable bonds is 3. The molecule has 3 rings (SSSR count). The van der Waals surface area contributed by atoms with Gasteiger partial charge in [-0.3, -0.25) is 4.68 Å². The highest BCUT2D eigenvalue weighted by Gasteiger charge is 2.14. The van der Waals surface area contributed by atoms with E-state index < -0.39 is 11.8 Å². The Hall–Kier alpha value is -2.70. The van der Waals surface area contributed by atoms with Crippen molar-refractivity contribution in [2.24, 2.45) is 0 Å². The lowest BCUT2D eigenvalue weighted by atomic mass is 10.2. The van der Waals surface area contributed by atoms with E-state index in [0.29, 0.717) is 23.4 Å². The number of aromatic carboxylic acids is 1. The number of hydrogen-bond donors (Lipinski definition) is 2. The molecule has 3 aromatic rings. The van der Waals surface area contributed by atoms with Crippen molar-refractivity contribution < 1.29 is 14.3 Å². The normalized spacial score (nSPS) is 11.0. The molecule has 0 saturated heterocycles. The van der Waals surface area contributed by atoms with Crippen molar-refractivity contribution >= 4 is 17.0 Å². The summed E-state index contributed by atoms with van der Waals surface area (Å²) in [5, 5.41) is 12.9. The van der Waals surface area contributed by atoms with Gasteiger partial charge in [0.05, 0.1) is 23.1 Å². The highest BCUT2D eigenvalue weighted by atomic mass is 19.1. The first-order valence-corrected chi connectivity index (χ1v) is 5.52. The van der Waals surface area contributed by atoms with Gasteiger partial charge in [0.2, 0.25) is 0 Å². The number of nitrogens with one attached hydrogen (secondary N) is 1. The van der Waals surface area contributed by atoms with Gasteiger partial charge in [-0.1, -0.05) is 0 Å². The van der Waals surface area contributed by atoms with Crippen molar-refractivity contribution in [1.82, 2.24) is 19.7 Å². The number of carboxylic acid groups (broad SMARTS) is 1. The van der Waals surface area contributed by atoms with Crippen LogP contribution in [-0.2, 0) is 6.54 Å². The molecule has 0 aliphatic carbocycles. The van der Waals surface area contributed by atoms with Crippen LogP contribution < -0.4 is 0 Å². The van der Waals surface area contributed by atoms with Crippen LogP contribution in [0.25, 0.3) is 11.0 Å². The zero-order valence-corrected chi connectivity index (χ0v) is 9.67. The van der Waals surface area contributed by atoms with E-state index in [1.165, 1.54) is 6.07 Å². The quantitative estimate of drug-likeness (QED) is 0.749. The summed E-state index contributed by atoms with van der Waals surface area (Å²) in [6.45, 7) is 0.408. The van der Waals surface area contributed by atoms with Gasteiger partial charge >= 0.3 is 5.97 Å². The number of fused-ring (bicyclic) bond motifs is 1. The molecule has 0 aliphatic heterocycles. The van der Waals surface area contributed by atoms with Crippen LogP contribution >= 0.6 is 0 Å². The van der Waals surface area contributed by atoms with E-state index in [2.05, 4.69) is 15.1 Å². The van der Waals surface area contributed by atoms with E-state index in [4.69, 9.17) is 5.11 Å². The number of H-pyrrole nitrogens is 1. The van der Waals surface area contributed by atoms with Gasteiger partial charge in [0, 0.05) is 18.5 Å². The Morgan fingerprint density at radius 2 is 2.32 bits per heavy atom. The molecule has 0 radical (unpaired) electrons. The topological polar surface area (TPSA) is 83.8 Å². The molecule has 2 N–H and O–H groups in total. The number of carbonyl (C=O) groups is 1. The fourth-order valence-corrected chi connectivity index (χ4v) is 1.87. The van der Waals surface area contributed by atoms with Crippen LogP contribution in [0.4, 0.5) is 4.39 Å². The second-order valence-electron chi connectivity index (χ2n) is 4.04. The molecular weight excluding hydrogens is 251 g/mol. The Bertz CT molecular complexity index is 749. The molecule has 0 bridgehead atoms. The Balaban J connectivity index is 2.03. The van der Waals surface area contributed by atoms with Gasteiger partial charge in [-0.25, -0.2) is 14.2 Å². The number of hydrogen-bond acceptors (Lipinski definition) is 3.